The van der Waals surface area contributed by atoms with Crippen molar-refractivity contribution in [1.29, 1.82) is 0 Å². The average molecular weight is 320 g/mol. The van der Waals surface area contributed by atoms with Gasteiger partial charge in [-0.2, -0.15) is 0 Å². The predicted molar refractivity (Wildman–Crippen MR) is 91.2 cm³/mol. The van der Waals surface area contributed by atoms with E-state index in [2.05, 4.69) is 6.92 Å². The summed E-state index contributed by atoms with van der Waals surface area (Å²) in [7, 11) is 0. The van der Waals surface area contributed by atoms with Gasteiger partial charge < -0.3 is 0 Å². The van der Waals surface area contributed by atoms with E-state index >= 15 is 0 Å². The lowest BCUT2D eigenvalue weighted by Gasteiger charge is -2.42. The van der Waals surface area contributed by atoms with Crippen molar-refractivity contribution in [1.82, 2.24) is 0 Å². The Hall–Kier alpha value is -0.920. The summed E-state index contributed by atoms with van der Waals surface area (Å²) in [5.41, 5.74) is 0.942. The first-order valence-electron chi connectivity index (χ1n) is 9.59. The highest BCUT2D eigenvalue weighted by molar-refractivity contribution is 5.17. The Kier molecular flexibility index (Phi) is 5.71. The van der Waals surface area contributed by atoms with E-state index in [1.54, 1.807) is 6.07 Å². The Labute approximate surface area is 139 Å². The van der Waals surface area contributed by atoms with Crippen molar-refractivity contribution in [2.24, 2.45) is 23.7 Å². The summed E-state index contributed by atoms with van der Waals surface area (Å²) in [6, 6.07) is 4.37. The molecule has 0 bridgehead atoms. The molecule has 3 rings (SSSR count). The second-order valence-electron chi connectivity index (χ2n) is 7.95. The molecule has 2 aliphatic rings. The van der Waals surface area contributed by atoms with E-state index in [0.717, 1.165) is 42.1 Å². The summed E-state index contributed by atoms with van der Waals surface area (Å²) in [5.74, 6) is 2.23. The lowest BCUT2D eigenvalue weighted by Crippen LogP contribution is -2.31. The Morgan fingerprint density at radius 3 is 2.13 bits per heavy atom. The second kappa shape index (κ2) is 7.77. The Morgan fingerprint density at radius 2 is 1.52 bits per heavy atom. The lowest BCUT2D eigenvalue weighted by atomic mass is 9.63. The Morgan fingerprint density at radius 1 is 0.870 bits per heavy atom. The van der Waals surface area contributed by atoms with Crippen LogP contribution in [0.3, 0.4) is 0 Å². The van der Waals surface area contributed by atoms with Gasteiger partial charge in [-0.15, -0.1) is 0 Å². The Bertz CT molecular complexity index is 511. The van der Waals surface area contributed by atoms with Crippen LogP contribution in [0.25, 0.3) is 0 Å². The van der Waals surface area contributed by atoms with Crippen LogP contribution in [0, 0.1) is 35.3 Å². The van der Waals surface area contributed by atoms with Crippen molar-refractivity contribution in [3.63, 3.8) is 0 Å². The van der Waals surface area contributed by atoms with Crippen LogP contribution in [0.1, 0.15) is 70.3 Å². The minimum absolute atomic E-state index is 0.708. The van der Waals surface area contributed by atoms with Crippen molar-refractivity contribution in [2.45, 2.75) is 71.1 Å². The number of rotatable bonds is 5. The van der Waals surface area contributed by atoms with E-state index in [1.165, 1.54) is 63.5 Å². The van der Waals surface area contributed by atoms with Crippen LogP contribution in [-0.4, -0.2) is 0 Å². The molecule has 0 heterocycles. The van der Waals surface area contributed by atoms with E-state index in [9.17, 15) is 8.78 Å². The number of fused-ring (bicyclic) bond motifs is 1. The molecule has 4 unspecified atom stereocenters. The van der Waals surface area contributed by atoms with Crippen LogP contribution in [0.5, 0.6) is 0 Å². The minimum atomic E-state index is -0.738. The molecule has 0 radical (unpaired) electrons. The van der Waals surface area contributed by atoms with Crippen molar-refractivity contribution in [2.75, 3.05) is 0 Å². The van der Waals surface area contributed by atoms with Gasteiger partial charge in [-0.05, 0) is 79.9 Å². The van der Waals surface area contributed by atoms with Crippen molar-refractivity contribution in [3.8, 4) is 0 Å². The van der Waals surface area contributed by atoms with E-state index in [4.69, 9.17) is 0 Å². The highest BCUT2D eigenvalue weighted by Gasteiger charge is 2.34. The largest absolute Gasteiger partial charge is 0.204 e. The molecule has 0 saturated heterocycles. The molecule has 4 atom stereocenters. The zero-order valence-electron chi connectivity index (χ0n) is 14.4. The molecule has 0 aliphatic heterocycles. The molecule has 23 heavy (non-hydrogen) atoms. The van der Waals surface area contributed by atoms with Gasteiger partial charge in [-0.25, -0.2) is 8.78 Å². The van der Waals surface area contributed by atoms with Gasteiger partial charge in [0.15, 0.2) is 11.6 Å². The molecule has 0 nitrogen and oxygen atoms in total. The van der Waals surface area contributed by atoms with E-state index in [-0.39, 0.29) is 0 Å². The van der Waals surface area contributed by atoms with Gasteiger partial charge >= 0.3 is 0 Å². The minimum Gasteiger partial charge on any atom is -0.204 e. The van der Waals surface area contributed by atoms with Crippen molar-refractivity contribution < 1.29 is 8.78 Å². The fourth-order valence-electron chi connectivity index (χ4n) is 5.08. The summed E-state index contributed by atoms with van der Waals surface area (Å²) in [6.45, 7) is 2.31. The van der Waals surface area contributed by atoms with Crippen LogP contribution in [-0.2, 0) is 6.42 Å². The summed E-state index contributed by atoms with van der Waals surface area (Å²) >= 11 is 0. The van der Waals surface area contributed by atoms with Gasteiger partial charge in [-0.1, -0.05) is 38.7 Å². The van der Waals surface area contributed by atoms with Crippen LogP contribution in [0.15, 0.2) is 18.2 Å². The maximum atomic E-state index is 13.3. The molecule has 0 N–H and O–H groups in total. The monoisotopic (exact) mass is 320 g/mol. The molecule has 0 spiro atoms. The number of aryl methyl sites for hydroxylation is 1. The summed E-state index contributed by atoms with van der Waals surface area (Å²) in [4.78, 5) is 0. The zero-order chi connectivity index (χ0) is 16.2. The van der Waals surface area contributed by atoms with Crippen LogP contribution in [0.2, 0.25) is 0 Å². The zero-order valence-corrected chi connectivity index (χ0v) is 14.4. The van der Waals surface area contributed by atoms with Gasteiger partial charge in [0, 0.05) is 0 Å². The van der Waals surface area contributed by atoms with Crippen LogP contribution >= 0.6 is 0 Å². The molecule has 2 saturated carbocycles. The lowest BCUT2D eigenvalue weighted by molar-refractivity contribution is 0.0921. The first-order chi connectivity index (χ1) is 11.2. The molecule has 2 heteroatoms. The van der Waals surface area contributed by atoms with Crippen molar-refractivity contribution >= 4 is 0 Å². The van der Waals surface area contributed by atoms with Gasteiger partial charge in [-0.3, -0.25) is 0 Å². The molecule has 2 fully saturated rings. The van der Waals surface area contributed by atoms with Gasteiger partial charge in [0.05, 0.1) is 0 Å². The smallest absolute Gasteiger partial charge is 0.159 e. The molecule has 128 valence electrons. The predicted octanol–water partition coefficient (Wildman–Crippen LogP) is 6.53. The van der Waals surface area contributed by atoms with Gasteiger partial charge in [0.1, 0.15) is 0 Å². The number of halogens is 2. The number of hydrogen-bond donors (Lipinski definition) is 0. The topological polar surface area (TPSA) is 0 Å². The summed E-state index contributed by atoms with van der Waals surface area (Å²) in [5, 5.41) is 0. The third-order valence-electron chi connectivity index (χ3n) is 6.35. The molecule has 2 aliphatic carbocycles. The quantitative estimate of drug-likeness (QED) is 0.578. The van der Waals surface area contributed by atoms with E-state index in [1.807, 2.05) is 0 Å². The molecule has 0 aromatic heterocycles. The SMILES string of the molecule is CCCC1CCC2CC(CCc3ccc(F)c(F)c3)CCC2C1. The van der Waals surface area contributed by atoms with E-state index < -0.39 is 11.6 Å². The van der Waals surface area contributed by atoms with Crippen LogP contribution in [0.4, 0.5) is 8.78 Å². The summed E-state index contributed by atoms with van der Waals surface area (Å²) in [6.07, 6.45) is 13.2. The first-order valence-corrected chi connectivity index (χ1v) is 9.59. The first kappa shape index (κ1) is 16.9. The molecule has 1 aromatic rings. The third kappa shape index (κ3) is 4.33. The standard InChI is InChI=1S/C21H30F2/c1-2-3-15-6-9-19-13-16(7-10-18(19)12-15)4-5-17-8-11-20(22)21(23)14-17/h8,11,14-16,18-19H,2-7,9-10,12-13H2,1H3. The number of benzene rings is 1. The fourth-order valence-corrected chi connectivity index (χ4v) is 5.08. The van der Waals surface area contributed by atoms with Gasteiger partial charge in [0.25, 0.3) is 0 Å². The Balaban J connectivity index is 1.47. The molecular weight excluding hydrogens is 290 g/mol. The van der Waals surface area contributed by atoms with E-state index in [0.29, 0.717) is 0 Å². The fraction of sp³-hybridized carbons (Fsp3) is 0.714. The molecular formula is C21H30F2. The van der Waals surface area contributed by atoms with Gasteiger partial charge in [0.2, 0.25) is 0 Å². The molecule has 1 aromatic carbocycles. The maximum absolute atomic E-state index is 13.3. The van der Waals surface area contributed by atoms with Crippen molar-refractivity contribution in [3.05, 3.63) is 35.4 Å². The highest BCUT2D eigenvalue weighted by atomic mass is 19.2. The normalized spacial score (nSPS) is 30.9. The highest BCUT2D eigenvalue weighted by Crippen LogP contribution is 2.46. The van der Waals surface area contributed by atoms with Crippen LogP contribution < -0.4 is 0 Å². The average Bonchev–Trinajstić information content (AvgIpc) is 2.56. The second-order valence-corrected chi connectivity index (χ2v) is 7.95. The summed E-state index contributed by atoms with van der Waals surface area (Å²) < 4.78 is 26.3. The maximum Gasteiger partial charge on any atom is 0.159 e. The molecule has 0 amide bonds. The number of hydrogen-bond acceptors (Lipinski definition) is 0. The third-order valence-corrected chi connectivity index (χ3v) is 6.35.